The minimum absolute atomic E-state index is 0.191. The molecule has 2 heterocycles. The minimum Gasteiger partial charge on any atom is -0.468 e. The largest absolute Gasteiger partial charge is 0.468 e. The van der Waals surface area contributed by atoms with Crippen molar-refractivity contribution in [3.05, 3.63) is 30.5 Å². The molecule has 5 nitrogen and oxygen atoms in total. The van der Waals surface area contributed by atoms with Gasteiger partial charge in [0.05, 0.1) is 19.0 Å². The number of rotatable bonds is 3. The van der Waals surface area contributed by atoms with Crippen molar-refractivity contribution in [2.24, 2.45) is 0 Å². The summed E-state index contributed by atoms with van der Waals surface area (Å²) >= 11 is 0. The second kappa shape index (κ2) is 4.01. The third-order valence-corrected chi connectivity index (χ3v) is 3.72. The van der Waals surface area contributed by atoms with Crippen LogP contribution in [0.1, 0.15) is 25.1 Å². The number of aromatic amines is 2. The van der Waals surface area contributed by atoms with E-state index in [0.29, 0.717) is 0 Å². The summed E-state index contributed by atoms with van der Waals surface area (Å²) in [5, 5.41) is 0. The van der Waals surface area contributed by atoms with Gasteiger partial charge >= 0.3 is 5.97 Å². The molecule has 94 valence electrons. The number of aromatic nitrogens is 3. The van der Waals surface area contributed by atoms with E-state index in [1.54, 1.807) is 6.20 Å². The summed E-state index contributed by atoms with van der Waals surface area (Å²) in [6, 6.07) is 1.96. The monoisotopic (exact) mass is 245 g/mol. The molecule has 0 saturated heterocycles. The van der Waals surface area contributed by atoms with Crippen LogP contribution in [-0.4, -0.2) is 28.0 Å². The highest BCUT2D eigenvalue weighted by atomic mass is 16.5. The fraction of sp³-hybridized carbons (Fsp3) is 0.385. The zero-order valence-corrected chi connectivity index (χ0v) is 10.2. The molecule has 3 rings (SSSR count). The van der Waals surface area contributed by atoms with Gasteiger partial charge in [-0.3, -0.25) is 4.79 Å². The second-order valence-electron chi connectivity index (χ2n) is 4.67. The normalized spacial score (nSPS) is 17.2. The van der Waals surface area contributed by atoms with Gasteiger partial charge in [0.2, 0.25) is 0 Å². The Morgan fingerprint density at radius 1 is 1.50 bits per heavy atom. The van der Waals surface area contributed by atoms with E-state index in [0.717, 1.165) is 36.3 Å². The summed E-state index contributed by atoms with van der Waals surface area (Å²) < 4.78 is 4.91. The molecule has 1 aliphatic rings. The number of nitrogens with one attached hydrogen (secondary N) is 2. The Hall–Kier alpha value is -2.04. The quantitative estimate of drug-likeness (QED) is 0.812. The fourth-order valence-corrected chi connectivity index (χ4v) is 2.47. The van der Waals surface area contributed by atoms with Crippen LogP contribution in [-0.2, 0) is 14.9 Å². The first-order valence-electron chi connectivity index (χ1n) is 6.03. The van der Waals surface area contributed by atoms with Gasteiger partial charge in [0, 0.05) is 18.0 Å². The molecule has 2 aromatic heterocycles. The number of nitrogens with zero attached hydrogens (tertiary/aromatic N) is 1. The summed E-state index contributed by atoms with van der Waals surface area (Å²) in [7, 11) is 1.43. The Balaban J connectivity index is 1.95. The van der Waals surface area contributed by atoms with Crippen molar-refractivity contribution in [2.45, 2.75) is 24.7 Å². The van der Waals surface area contributed by atoms with E-state index < -0.39 is 5.41 Å². The van der Waals surface area contributed by atoms with Gasteiger partial charge < -0.3 is 14.7 Å². The molecule has 1 aliphatic carbocycles. The Bertz CT molecular complexity index is 553. The average molecular weight is 245 g/mol. The standard InChI is InChI=1S/C13H15N3O2/c1-18-12(17)13(4-2-5-13)11-15-8-10(16-11)9-3-6-14-7-9/h3,6-8,14H,2,4-5H2,1H3,(H,15,16). The number of ether oxygens (including phenoxy) is 1. The van der Waals surface area contributed by atoms with Crippen molar-refractivity contribution >= 4 is 5.97 Å². The maximum atomic E-state index is 11.9. The molecule has 18 heavy (non-hydrogen) atoms. The van der Waals surface area contributed by atoms with E-state index in [1.165, 1.54) is 7.11 Å². The predicted octanol–water partition coefficient (Wildman–Crippen LogP) is 2.00. The highest BCUT2D eigenvalue weighted by Gasteiger charge is 2.49. The molecule has 0 unspecified atom stereocenters. The van der Waals surface area contributed by atoms with Crippen molar-refractivity contribution in [1.82, 2.24) is 15.0 Å². The third kappa shape index (κ3) is 1.47. The first-order chi connectivity index (χ1) is 8.76. The van der Waals surface area contributed by atoms with E-state index in [1.807, 2.05) is 18.5 Å². The number of hydrogen-bond acceptors (Lipinski definition) is 3. The number of carbonyl (C=O) groups excluding carboxylic acids is 1. The molecule has 0 aromatic carbocycles. The molecule has 0 bridgehead atoms. The third-order valence-electron chi connectivity index (χ3n) is 3.72. The van der Waals surface area contributed by atoms with Crippen LogP contribution < -0.4 is 0 Å². The van der Waals surface area contributed by atoms with Crippen molar-refractivity contribution in [2.75, 3.05) is 7.11 Å². The Kier molecular flexibility index (Phi) is 2.47. The topological polar surface area (TPSA) is 70.8 Å². The SMILES string of the molecule is COC(=O)C1(c2ncc(-c3cc[nH]c3)[nH]2)CCC1. The summed E-state index contributed by atoms with van der Waals surface area (Å²) in [6.45, 7) is 0. The lowest BCUT2D eigenvalue weighted by molar-refractivity contribution is -0.151. The lowest BCUT2D eigenvalue weighted by Crippen LogP contribution is -2.44. The average Bonchev–Trinajstić information content (AvgIpc) is 2.97. The number of methoxy groups -OCH3 is 1. The predicted molar refractivity (Wildman–Crippen MR) is 65.9 cm³/mol. The smallest absolute Gasteiger partial charge is 0.319 e. The summed E-state index contributed by atoms with van der Waals surface area (Å²) in [5.74, 6) is 0.528. The van der Waals surface area contributed by atoms with Gasteiger partial charge in [-0.2, -0.15) is 0 Å². The van der Waals surface area contributed by atoms with Crippen LogP contribution in [0, 0.1) is 0 Å². The van der Waals surface area contributed by atoms with E-state index in [-0.39, 0.29) is 5.97 Å². The molecule has 0 radical (unpaired) electrons. The van der Waals surface area contributed by atoms with Gasteiger partial charge in [-0.05, 0) is 18.9 Å². The maximum absolute atomic E-state index is 11.9. The van der Waals surface area contributed by atoms with Crippen molar-refractivity contribution in [1.29, 1.82) is 0 Å². The van der Waals surface area contributed by atoms with E-state index in [9.17, 15) is 4.79 Å². The Morgan fingerprint density at radius 2 is 2.33 bits per heavy atom. The van der Waals surface area contributed by atoms with Crippen LogP contribution in [0.2, 0.25) is 0 Å². The Morgan fingerprint density at radius 3 is 2.89 bits per heavy atom. The molecular weight excluding hydrogens is 230 g/mol. The molecule has 5 heteroatoms. The number of imidazole rings is 1. The van der Waals surface area contributed by atoms with Crippen molar-refractivity contribution in [3.63, 3.8) is 0 Å². The Labute approximate surface area is 105 Å². The first-order valence-corrected chi connectivity index (χ1v) is 6.03. The number of carbonyl (C=O) groups is 1. The van der Waals surface area contributed by atoms with Crippen LogP contribution in [0.5, 0.6) is 0 Å². The molecule has 2 aromatic rings. The van der Waals surface area contributed by atoms with Crippen LogP contribution in [0.3, 0.4) is 0 Å². The molecule has 1 fully saturated rings. The van der Waals surface area contributed by atoms with Crippen LogP contribution in [0.15, 0.2) is 24.7 Å². The van der Waals surface area contributed by atoms with E-state index >= 15 is 0 Å². The number of esters is 1. The highest BCUT2D eigenvalue weighted by Crippen LogP contribution is 2.43. The zero-order chi connectivity index (χ0) is 12.6. The van der Waals surface area contributed by atoms with Gasteiger partial charge in [0.1, 0.15) is 11.2 Å². The first kappa shape index (κ1) is 11.1. The van der Waals surface area contributed by atoms with Crippen molar-refractivity contribution < 1.29 is 9.53 Å². The minimum atomic E-state index is -0.552. The van der Waals surface area contributed by atoms with Gasteiger partial charge in [0.25, 0.3) is 0 Å². The number of hydrogen-bond donors (Lipinski definition) is 2. The van der Waals surface area contributed by atoms with Gasteiger partial charge in [-0.1, -0.05) is 6.42 Å². The van der Waals surface area contributed by atoms with Crippen molar-refractivity contribution in [3.8, 4) is 11.3 Å². The highest BCUT2D eigenvalue weighted by molar-refractivity contribution is 5.83. The zero-order valence-electron chi connectivity index (χ0n) is 10.2. The summed E-state index contributed by atoms with van der Waals surface area (Å²) in [5.41, 5.74) is 1.40. The van der Waals surface area contributed by atoms with Gasteiger partial charge in [-0.15, -0.1) is 0 Å². The van der Waals surface area contributed by atoms with Gasteiger partial charge in [-0.25, -0.2) is 4.98 Å². The summed E-state index contributed by atoms with van der Waals surface area (Å²) in [4.78, 5) is 22.5. The van der Waals surface area contributed by atoms with Gasteiger partial charge in [0.15, 0.2) is 0 Å². The molecule has 0 amide bonds. The maximum Gasteiger partial charge on any atom is 0.319 e. The molecule has 1 saturated carbocycles. The second-order valence-corrected chi connectivity index (χ2v) is 4.67. The fourth-order valence-electron chi connectivity index (χ4n) is 2.47. The van der Waals surface area contributed by atoms with E-state index in [4.69, 9.17) is 4.74 Å². The molecular formula is C13H15N3O2. The molecule has 2 N–H and O–H groups in total. The van der Waals surface area contributed by atoms with E-state index in [2.05, 4.69) is 15.0 Å². The van der Waals surface area contributed by atoms with Crippen LogP contribution in [0.4, 0.5) is 0 Å². The van der Waals surface area contributed by atoms with Crippen LogP contribution in [0.25, 0.3) is 11.3 Å². The molecule has 0 aliphatic heterocycles. The number of H-pyrrole nitrogens is 2. The molecule has 0 atom stereocenters. The summed E-state index contributed by atoms with van der Waals surface area (Å²) in [6.07, 6.45) is 8.16. The lowest BCUT2D eigenvalue weighted by Gasteiger charge is -2.36. The van der Waals surface area contributed by atoms with Crippen LogP contribution >= 0.6 is 0 Å². The molecule has 0 spiro atoms. The lowest BCUT2D eigenvalue weighted by atomic mass is 9.68.